The van der Waals surface area contributed by atoms with Gasteiger partial charge in [0.1, 0.15) is 5.75 Å². The Morgan fingerprint density at radius 2 is 1.75 bits per heavy atom. The number of cyclic esters (lactones) is 2. The molecule has 1 fully saturated rings. The normalized spacial score (nSPS) is 17.0. The van der Waals surface area contributed by atoms with Crippen molar-refractivity contribution >= 4 is 33.6 Å². The first-order valence-corrected chi connectivity index (χ1v) is 7.24. The molecule has 1 aliphatic rings. The first-order valence-electron chi connectivity index (χ1n) is 6.45. The minimum Gasteiger partial charge on any atom is -0.419 e. The Hall–Kier alpha value is -2.23. The van der Waals surface area contributed by atoms with Gasteiger partial charge in [0.15, 0.2) is 5.57 Å². The van der Waals surface area contributed by atoms with Gasteiger partial charge in [0.25, 0.3) is 5.79 Å². The smallest absolute Gasteiger partial charge is 0.419 e. The van der Waals surface area contributed by atoms with Gasteiger partial charge in [-0.1, -0.05) is 15.9 Å². The van der Waals surface area contributed by atoms with E-state index in [1.165, 1.54) is 19.9 Å². The largest absolute Gasteiger partial charge is 0.573 e. The fourth-order valence-corrected chi connectivity index (χ4v) is 2.24. The summed E-state index contributed by atoms with van der Waals surface area (Å²) in [6, 6.07) is 3.57. The van der Waals surface area contributed by atoms with Crippen LogP contribution in [0.5, 0.6) is 5.75 Å². The van der Waals surface area contributed by atoms with E-state index in [-0.39, 0.29) is 5.69 Å². The zero-order valence-electron chi connectivity index (χ0n) is 12.4. The van der Waals surface area contributed by atoms with Crippen molar-refractivity contribution in [2.24, 2.45) is 0 Å². The second-order valence-corrected chi connectivity index (χ2v) is 6.02. The number of alkyl halides is 3. The number of carbonyl (C=O) groups is 2. The number of carbonyl (C=O) groups excluding carboxylic acids is 2. The van der Waals surface area contributed by atoms with E-state index in [1.54, 1.807) is 0 Å². The quantitative estimate of drug-likeness (QED) is 0.468. The lowest BCUT2D eigenvalue weighted by Gasteiger charge is -2.29. The van der Waals surface area contributed by atoms with Gasteiger partial charge in [0.05, 0.1) is 0 Å². The molecule has 0 spiro atoms. The molecule has 1 aliphatic heterocycles. The molecule has 1 saturated heterocycles. The summed E-state index contributed by atoms with van der Waals surface area (Å²) in [5.41, 5.74) is -0.283. The summed E-state index contributed by atoms with van der Waals surface area (Å²) in [6.07, 6.45) is -3.86. The van der Waals surface area contributed by atoms with Crippen LogP contribution in [-0.4, -0.2) is 24.1 Å². The maximum atomic E-state index is 12.3. The lowest BCUT2D eigenvalue weighted by Crippen LogP contribution is -2.42. The fourth-order valence-electron chi connectivity index (χ4n) is 1.77. The number of ether oxygens (including phenoxy) is 3. The molecule has 0 amide bonds. The molecule has 24 heavy (non-hydrogen) atoms. The first kappa shape index (κ1) is 18.1. The van der Waals surface area contributed by atoms with Crippen molar-refractivity contribution in [3.63, 3.8) is 0 Å². The Bertz CT molecular complexity index is 693. The van der Waals surface area contributed by atoms with Gasteiger partial charge in [-0.3, -0.25) is 0 Å². The molecule has 0 radical (unpaired) electrons. The highest BCUT2D eigenvalue weighted by Crippen LogP contribution is 2.30. The van der Waals surface area contributed by atoms with Gasteiger partial charge in [-0.25, -0.2) is 9.59 Å². The van der Waals surface area contributed by atoms with Crippen LogP contribution in [0.2, 0.25) is 0 Å². The topological polar surface area (TPSA) is 73.9 Å². The third kappa shape index (κ3) is 4.88. The molecule has 0 saturated carbocycles. The highest BCUT2D eigenvalue weighted by molar-refractivity contribution is 9.10. The number of benzene rings is 1. The summed E-state index contributed by atoms with van der Waals surface area (Å²) < 4.78 is 50.7. The Balaban J connectivity index is 2.19. The summed E-state index contributed by atoms with van der Waals surface area (Å²) in [5, 5.41) is 2.53. The van der Waals surface area contributed by atoms with Crippen molar-refractivity contribution in [1.82, 2.24) is 0 Å². The molecule has 0 aromatic heterocycles. The van der Waals surface area contributed by atoms with E-state index >= 15 is 0 Å². The van der Waals surface area contributed by atoms with E-state index in [9.17, 15) is 22.8 Å². The van der Waals surface area contributed by atoms with E-state index in [0.29, 0.717) is 4.47 Å². The zero-order chi connectivity index (χ0) is 18.1. The van der Waals surface area contributed by atoms with Crippen molar-refractivity contribution in [2.75, 3.05) is 5.32 Å². The van der Waals surface area contributed by atoms with Crippen LogP contribution in [-0.2, 0) is 19.1 Å². The number of hydrogen-bond acceptors (Lipinski definition) is 6. The Morgan fingerprint density at radius 1 is 1.17 bits per heavy atom. The second-order valence-electron chi connectivity index (χ2n) is 5.10. The van der Waals surface area contributed by atoms with Crippen LogP contribution in [0.25, 0.3) is 0 Å². The summed E-state index contributed by atoms with van der Waals surface area (Å²) in [4.78, 5) is 23.5. The van der Waals surface area contributed by atoms with Crippen LogP contribution in [0.15, 0.2) is 34.4 Å². The number of hydrogen-bond donors (Lipinski definition) is 1. The Labute approximate surface area is 142 Å². The SMILES string of the molecule is CC1(C)OC(=O)C(=CNc2cc(Br)cc(OC(F)(F)F)c2)C(=O)O1. The van der Waals surface area contributed by atoms with Crippen molar-refractivity contribution in [1.29, 1.82) is 0 Å². The van der Waals surface area contributed by atoms with Crippen molar-refractivity contribution < 1.29 is 37.0 Å². The van der Waals surface area contributed by atoms with Crippen LogP contribution in [0, 0.1) is 0 Å². The van der Waals surface area contributed by atoms with Crippen LogP contribution in [0.4, 0.5) is 18.9 Å². The number of anilines is 1. The number of esters is 2. The zero-order valence-corrected chi connectivity index (χ0v) is 13.9. The van der Waals surface area contributed by atoms with Gasteiger partial charge in [0.2, 0.25) is 0 Å². The van der Waals surface area contributed by atoms with Gasteiger partial charge < -0.3 is 19.5 Å². The third-order valence-electron chi connectivity index (χ3n) is 2.60. The minimum atomic E-state index is -4.85. The summed E-state index contributed by atoms with van der Waals surface area (Å²) >= 11 is 3.03. The lowest BCUT2D eigenvalue weighted by atomic mass is 10.2. The van der Waals surface area contributed by atoms with E-state index in [0.717, 1.165) is 18.3 Å². The Morgan fingerprint density at radius 3 is 2.29 bits per heavy atom. The van der Waals surface area contributed by atoms with Gasteiger partial charge >= 0.3 is 18.3 Å². The molecule has 0 unspecified atom stereocenters. The maximum Gasteiger partial charge on any atom is 0.573 e. The predicted molar refractivity (Wildman–Crippen MR) is 78.8 cm³/mol. The van der Waals surface area contributed by atoms with Crippen LogP contribution < -0.4 is 10.1 Å². The van der Waals surface area contributed by atoms with Crippen molar-refractivity contribution in [2.45, 2.75) is 26.0 Å². The van der Waals surface area contributed by atoms with Gasteiger partial charge in [-0.2, -0.15) is 0 Å². The number of halogens is 4. The molecule has 10 heteroatoms. The molecule has 0 aliphatic carbocycles. The van der Waals surface area contributed by atoms with Crippen LogP contribution >= 0.6 is 15.9 Å². The minimum absolute atomic E-state index is 0.140. The monoisotopic (exact) mass is 409 g/mol. The summed E-state index contributed by atoms with van der Waals surface area (Å²) in [6.45, 7) is 2.78. The van der Waals surface area contributed by atoms with Crippen LogP contribution in [0.3, 0.4) is 0 Å². The standard InChI is InChI=1S/C14H11BrF3NO5/c1-13(2)23-11(20)10(12(21)24-13)6-19-8-3-7(15)4-9(5-8)22-14(16,17)18/h3-6,19H,1-2H3. The molecule has 0 bridgehead atoms. The summed E-state index contributed by atoms with van der Waals surface area (Å²) in [7, 11) is 0. The molecule has 130 valence electrons. The fraction of sp³-hybridized carbons (Fsp3) is 0.286. The lowest BCUT2D eigenvalue weighted by molar-refractivity contribution is -0.274. The molecular formula is C14H11BrF3NO5. The van der Waals surface area contributed by atoms with Gasteiger partial charge in [0, 0.05) is 36.3 Å². The second kappa shape index (κ2) is 6.34. The number of nitrogens with one attached hydrogen (secondary N) is 1. The highest BCUT2D eigenvalue weighted by atomic mass is 79.9. The molecule has 1 N–H and O–H groups in total. The number of rotatable bonds is 3. The van der Waals surface area contributed by atoms with E-state index < -0.39 is 35.4 Å². The molecule has 1 aromatic rings. The van der Waals surface area contributed by atoms with Gasteiger partial charge in [-0.05, 0) is 12.1 Å². The van der Waals surface area contributed by atoms with E-state index in [2.05, 4.69) is 26.0 Å². The highest BCUT2D eigenvalue weighted by Gasteiger charge is 2.39. The van der Waals surface area contributed by atoms with E-state index in [1.807, 2.05) is 0 Å². The average molecular weight is 410 g/mol. The predicted octanol–water partition coefficient (Wildman–Crippen LogP) is 3.48. The maximum absolute atomic E-state index is 12.3. The molecule has 6 nitrogen and oxygen atoms in total. The van der Waals surface area contributed by atoms with Crippen molar-refractivity contribution in [3.8, 4) is 5.75 Å². The third-order valence-corrected chi connectivity index (χ3v) is 3.06. The molecule has 2 rings (SSSR count). The van der Waals surface area contributed by atoms with Gasteiger partial charge in [-0.15, -0.1) is 13.2 Å². The molecular weight excluding hydrogens is 399 g/mol. The van der Waals surface area contributed by atoms with E-state index in [4.69, 9.17) is 9.47 Å². The first-order chi connectivity index (χ1) is 11.0. The van der Waals surface area contributed by atoms with Crippen molar-refractivity contribution in [3.05, 3.63) is 34.4 Å². The van der Waals surface area contributed by atoms with Crippen LogP contribution in [0.1, 0.15) is 13.8 Å². The summed E-state index contributed by atoms with van der Waals surface area (Å²) in [5.74, 6) is -3.68. The molecule has 1 aromatic carbocycles. The molecule has 1 heterocycles. The Kier molecular flexibility index (Phi) is 4.79. The molecule has 0 atom stereocenters. The average Bonchev–Trinajstić information content (AvgIpc) is 2.33.